The van der Waals surface area contributed by atoms with Crippen molar-refractivity contribution in [2.45, 2.75) is 46.1 Å². The number of aromatic nitrogens is 1. The summed E-state index contributed by atoms with van der Waals surface area (Å²) >= 11 is 0. The summed E-state index contributed by atoms with van der Waals surface area (Å²) in [4.78, 5) is 28.2. The molecular weight excluding hydrogens is 392 g/mol. The summed E-state index contributed by atoms with van der Waals surface area (Å²) in [5.74, 6) is 2.54. The number of hydrogen-bond donors (Lipinski definition) is 1. The molecule has 2 aliphatic rings. The van der Waals surface area contributed by atoms with Crippen LogP contribution in [0.4, 0.5) is 10.6 Å². The Morgan fingerprint density at radius 1 is 1.13 bits per heavy atom. The summed E-state index contributed by atoms with van der Waals surface area (Å²) in [5, 5.41) is 3.46. The minimum Gasteiger partial charge on any atom is -0.444 e. The van der Waals surface area contributed by atoms with Gasteiger partial charge in [0.1, 0.15) is 11.4 Å². The molecule has 172 valence electrons. The number of aliphatic imine (C=N–C) groups is 1. The van der Waals surface area contributed by atoms with Crippen molar-refractivity contribution in [1.82, 2.24) is 20.1 Å². The number of nitrogens with zero attached hydrogens (tertiary/aromatic N) is 5. The summed E-state index contributed by atoms with van der Waals surface area (Å²) in [6, 6.07) is 6.06. The SMILES string of the molecule is CCNC(=NCC1CCN(C(=O)OC(C)(C)C)CC1)N1CCN(c2ccccn2)CC1. The molecule has 0 bridgehead atoms. The molecule has 8 nitrogen and oxygen atoms in total. The molecule has 0 unspecified atom stereocenters. The van der Waals surface area contributed by atoms with Crippen molar-refractivity contribution in [2.24, 2.45) is 10.9 Å². The molecule has 3 rings (SSSR count). The van der Waals surface area contributed by atoms with Gasteiger partial charge in [0.2, 0.25) is 0 Å². The molecule has 0 spiro atoms. The zero-order valence-electron chi connectivity index (χ0n) is 19.5. The molecule has 2 aliphatic heterocycles. The van der Waals surface area contributed by atoms with E-state index < -0.39 is 5.60 Å². The first kappa shape index (κ1) is 23.2. The van der Waals surface area contributed by atoms with E-state index in [4.69, 9.17) is 9.73 Å². The third-order valence-corrected chi connectivity index (χ3v) is 5.65. The Hall–Kier alpha value is -2.51. The number of carbonyl (C=O) groups excluding carboxylic acids is 1. The molecule has 1 amide bonds. The number of anilines is 1. The molecule has 1 aromatic heterocycles. The highest BCUT2D eigenvalue weighted by Crippen LogP contribution is 2.20. The van der Waals surface area contributed by atoms with E-state index >= 15 is 0 Å². The van der Waals surface area contributed by atoms with Crippen LogP contribution < -0.4 is 10.2 Å². The van der Waals surface area contributed by atoms with Crippen molar-refractivity contribution >= 4 is 17.9 Å². The lowest BCUT2D eigenvalue weighted by molar-refractivity contribution is 0.0187. The standard InChI is InChI=1S/C23H38N6O2/c1-5-24-21(28-16-14-27(15-17-28)20-8-6-7-11-25-20)26-18-19-9-12-29(13-10-19)22(30)31-23(2,3)4/h6-8,11,19H,5,9-10,12-18H2,1-4H3,(H,24,26). The van der Waals surface area contributed by atoms with Crippen LogP contribution in [0.2, 0.25) is 0 Å². The second-order valence-corrected chi connectivity index (χ2v) is 9.27. The van der Waals surface area contributed by atoms with Crippen LogP contribution >= 0.6 is 0 Å². The number of carbonyl (C=O) groups is 1. The first-order valence-electron chi connectivity index (χ1n) is 11.5. The fourth-order valence-corrected chi connectivity index (χ4v) is 3.95. The number of rotatable bonds is 4. The smallest absolute Gasteiger partial charge is 0.410 e. The second kappa shape index (κ2) is 10.7. The molecule has 8 heteroatoms. The van der Waals surface area contributed by atoms with E-state index in [2.05, 4.69) is 33.1 Å². The Labute approximate surface area is 186 Å². The van der Waals surface area contributed by atoms with Crippen LogP contribution in [-0.2, 0) is 4.74 Å². The summed E-state index contributed by atoms with van der Waals surface area (Å²) in [5.41, 5.74) is -0.445. The summed E-state index contributed by atoms with van der Waals surface area (Å²) in [7, 11) is 0. The van der Waals surface area contributed by atoms with Crippen LogP contribution in [0, 0.1) is 5.92 Å². The van der Waals surface area contributed by atoms with Crippen LogP contribution in [0.5, 0.6) is 0 Å². The average molecular weight is 431 g/mol. The number of guanidine groups is 1. The van der Waals surface area contributed by atoms with E-state index in [1.54, 1.807) is 0 Å². The topological polar surface area (TPSA) is 73.3 Å². The van der Waals surface area contributed by atoms with Gasteiger partial charge in [-0.1, -0.05) is 6.07 Å². The van der Waals surface area contributed by atoms with Crippen molar-refractivity contribution in [3.8, 4) is 0 Å². The molecule has 2 saturated heterocycles. The molecule has 0 radical (unpaired) electrons. The van der Waals surface area contributed by atoms with Crippen molar-refractivity contribution in [3.63, 3.8) is 0 Å². The summed E-state index contributed by atoms with van der Waals surface area (Å²) in [6.45, 7) is 14.7. The number of ether oxygens (including phenoxy) is 1. The van der Waals surface area contributed by atoms with Crippen LogP contribution in [0.15, 0.2) is 29.4 Å². The van der Waals surface area contributed by atoms with Gasteiger partial charge in [0.25, 0.3) is 0 Å². The van der Waals surface area contributed by atoms with Gasteiger partial charge in [0, 0.05) is 58.6 Å². The molecule has 0 atom stereocenters. The Kier molecular flexibility index (Phi) is 7.98. The number of piperidine rings is 1. The normalized spacial score (nSPS) is 18.8. The molecule has 0 aliphatic carbocycles. The Balaban J connectivity index is 1.48. The second-order valence-electron chi connectivity index (χ2n) is 9.27. The van der Waals surface area contributed by atoms with E-state index in [0.717, 1.165) is 77.0 Å². The van der Waals surface area contributed by atoms with Gasteiger partial charge in [-0.2, -0.15) is 0 Å². The van der Waals surface area contributed by atoms with Crippen molar-refractivity contribution < 1.29 is 9.53 Å². The van der Waals surface area contributed by atoms with Crippen molar-refractivity contribution in [3.05, 3.63) is 24.4 Å². The van der Waals surface area contributed by atoms with E-state index in [-0.39, 0.29) is 6.09 Å². The van der Waals surface area contributed by atoms with Gasteiger partial charge in [-0.15, -0.1) is 0 Å². The molecular formula is C23H38N6O2. The third-order valence-electron chi connectivity index (χ3n) is 5.65. The summed E-state index contributed by atoms with van der Waals surface area (Å²) in [6.07, 6.45) is 3.58. The highest BCUT2D eigenvalue weighted by atomic mass is 16.6. The molecule has 31 heavy (non-hydrogen) atoms. The number of piperazine rings is 1. The molecule has 3 heterocycles. The van der Waals surface area contributed by atoms with Gasteiger partial charge in [-0.25, -0.2) is 9.78 Å². The predicted octanol–water partition coefficient (Wildman–Crippen LogP) is 2.82. The van der Waals surface area contributed by atoms with E-state index in [9.17, 15) is 4.79 Å². The first-order chi connectivity index (χ1) is 14.9. The van der Waals surface area contributed by atoms with Gasteiger partial charge in [-0.05, 0) is 58.6 Å². The van der Waals surface area contributed by atoms with Crippen LogP contribution in [0.3, 0.4) is 0 Å². The van der Waals surface area contributed by atoms with Crippen LogP contribution in [0.1, 0.15) is 40.5 Å². The average Bonchev–Trinajstić information content (AvgIpc) is 2.76. The van der Waals surface area contributed by atoms with Gasteiger partial charge in [0.15, 0.2) is 5.96 Å². The number of likely N-dealkylation sites (tertiary alicyclic amines) is 1. The van der Waals surface area contributed by atoms with Gasteiger partial charge in [-0.3, -0.25) is 4.99 Å². The van der Waals surface area contributed by atoms with E-state index in [0.29, 0.717) is 5.92 Å². The lowest BCUT2D eigenvalue weighted by Crippen LogP contribution is -2.53. The number of pyridine rings is 1. The monoisotopic (exact) mass is 430 g/mol. The lowest BCUT2D eigenvalue weighted by atomic mass is 9.97. The Morgan fingerprint density at radius 3 is 2.42 bits per heavy atom. The maximum absolute atomic E-state index is 12.3. The van der Waals surface area contributed by atoms with Crippen molar-refractivity contribution in [1.29, 1.82) is 0 Å². The minimum absolute atomic E-state index is 0.200. The molecule has 0 saturated carbocycles. The van der Waals surface area contributed by atoms with Crippen molar-refractivity contribution in [2.75, 3.05) is 57.3 Å². The van der Waals surface area contributed by atoms with E-state index in [1.165, 1.54) is 0 Å². The predicted molar refractivity (Wildman–Crippen MR) is 125 cm³/mol. The Morgan fingerprint density at radius 2 is 1.84 bits per heavy atom. The quantitative estimate of drug-likeness (QED) is 0.585. The number of nitrogens with one attached hydrogen (secondary N) is 1. The van der Waals surface area contributed by atoms with E-state index in [1.807, 2.05) is 44.0 Å². The van der Waals surface area contributed by atoms with Crippen LogP contribution in [0.25, 0.3) is 0 Å². The maximum atomic E-state index is 12.3. The first-order valence-corrected chi connectivity index (χ1v) is 11.5. The zero-order valence-corrected chi connectivity index (χ0v) is 19.5. The zero-order chi connectivity index (χ0) is 22.3. The fraction of sp³-hybridized carbons (Fsp3) is 0.696. The maximum Gasteiger partial charge on any atom is 0.410 e. The van der Waals surface area contributed by atoms with Gasteiger partial charge in [0.05, 0.1) is 0 Å². The molecule has 1 N–H and O–H groups in total. The van der Waals surface area contributed by atoms with Gasteiger partial charge < -0.3 is 24.8 Å². The third kappa shape index (κ3) is 7.01. The number of hydrogen-bond acceptors (Lipinski definition) is 5. The lowest BCUT2D eigenvalue weighted by Gasteiger charge is -2.37. The molecule has 2 fully saturated rings. The highest BCUT2D eigenvalue weighted by Gasteiger charge is 2.27. The molecule has 1 aromatic rings. The summed E-state index contributed by atoms with van der Waals surface area (Å²) < 4.78 is 5.50. The number of amides is 1. The molecule has 0 aromatic carbocycles. The Bertz CT molecular complexity index is 717. The van der Waals surface area contributed by atoms with Gasteiger partial charge >= 0.3 is 6.09 Å². The largest absolute Gasteiger partial charge is 0.444 e. The minimum atomic E-state index is -0.445. The highest BCUT2D eigenvalue weighted by molar-refractivity contribution is 5.80. The fourth-order valence-electron chi connectivity index (χ4n) is 3.95. The van der Waals surface area contributed by atoms with Crippen LogP contribution in [-0.4, -0.2) is 84.8 Å².